The second kappa shape index (κ2) is 7.91. The Balaban J connectivity index is 1.86. The number of hydrogen-bond acceptors (Lipinski definition) is 4. The number of rotatable bonds is 6. The molecule has 0 amide bonds. The number of ether oxygens (including phenoxy) is 1. The topological polar surface area (TPSA) is 41.7 Å². The van der Waals surface area contributed by atoms with Gasteiger partial charge in [0.2, 0.25) is 0 Å². The highest BCUT2D eigenvalue weighted by molar-refractivity contribution is 4.96. The molecule has 4 nitrogen and oxygen atoms in total. The van der Waals surface area contributed by atoms with Gasteiger partial charge in [-0.25, -0.2) is 0 Å². The summed E-state index contributed by atoms with van der Waals surface area (Å²) in [6, 6.07) is 0. The van der Waals surface area contributed by atoms with Crippen molar-refractivity contribution < 1.29 is 4.74 Å². The zero-order valence-electron chi connectivity index (χ0n) is 14.3. The van der Waals surface area contributed by atoms with Crippen LogP contribution < -0.4 is 5.73 Å². The van der Waals surface area contributed by atoms with Gasteiger partial charge in [0.25, 0.3) is 0 Å². The molecule has 0 saturated carbocycles. The van der Waals surface area contributed by atoms with Crippen LogP contribution >= 0.6 is 0 Å². The number of likely N-dealkylation sites (tertiary alicyclic amines) is 1. The molecule has 4 heteroatoms. The molecule has 2 fully saturated rings. The first-order valence-corrected chi connectivity index (χ1v) is 8.77. The lowest BCUT2D eigenvalue weighted by Gasteiger charge is -2.48. The smallest absolute Gasteiger partial charge is 0.0469 e. The van der Waals surface area contributed by atoms with Crippen molar-refractivity contribution in [2.24, 2.45) is 17.6 Å². The van der Waals surface area contributed by atoms with Crippen LogP contribution in [0.4, 0.5) is 0 Å². The number of piperidine rings is 1. The SMILES string of the molecule is CC(C)CN1CCC(CN)(N(C)CC2CCOCC2)CC1. The molecule has 2 N–H and O–H groups in total. The van der Waals surface area contributed by atoms with Crippen molar-refractivity contribution in [2.75, 3.05) is 53.0 Å². The minimum Gasteiger partial charge on any atom is -0.381 e. The molecule has 2 aliphatic heterocycles. The fourth-order valence-electron chi connectivity index (χ4n) is 3.92. The van der Waals surface area contributed by atoms with E-state index in [-0.39, 0.29) is 5.54 Å². The van der Waals surface area contributed by atoms with Gasteiger partial charge in [-0.1, -0.05) is 13.8 Å². The minimum absolute atomic E-state index is 0.228. The zero-order chi connectivity index (χ0) is 15.3. The third kappa shape index (κ3) is 4.65. The van der Waals surface area contributed by atoms with Crippen molar-refractivity contribution in [1.82, 2.24) is 9.80 Å². The Kier molecular flexibility index (Phi) is 6.48. The normalized spacial score (nSPS) is 24.9. The van der Waals surface area contributed by atoms with Crippen LogP contribution in [0.25, 0.3) is 0 Å². The Hall–Kier alpha value is -0.160. The molecule has 0 radical (unpaired) electrons. The number of nitrogens with two attached hydrogens (primary N) is 1. The maximum atomic E-state index is 6.21. The molecule has 2 saturated heterocycles. The summed E-state index contributed by atoms with van der Waals surface area (Å²) in [5, 5.41) is 0. The van der Waals surface area contributed by atoms with Gasteiger partial charge >= 0.3 is 0 Å². The maximum absolute atomic E-state index is 6.21. The second-order valence-electron chi connectivity index (χ2n) is 7.56. The number of hydrogen-bond donors (Lipinski definition) is 1. The lowest BCUT2D eigenvalue weighted by atomic mass is 9.84. The molecule has 21 heavy (non-hydrogen) atoms. The first kappa shape index (κ1) is 17.2. The van der Waals surface area contributed by atoms with E-state index in [1.807, 2.05) is 0 Å². The van der Waals surface area contributed by atoms with E-state index in [1.165, 1.54) is 51.9 Å². The van der Waals surface area contributed by atoms with Gasteiger partial charge in [0.1, 0.15) is 0 Å². The first-order valence-electron chi connectivity index (χ1n) is 8.77. The fraction of sp³-hybridized carbons (Fsp3) is 1.00. The first-order chi connectivity index (χ1) is 10.1. The Bertz CT molecular complexity index is 294. The zero-order valence-corrected chi connectivity index (χ0v) is 14.3. The van der Waals surface area contributed by atoms with Crippen molar-refractivity contribution in [2.45, 2.75) is 45.1 Å². The molecule has 0 aromatic rings. The van der Waals surface area contributed by atoms with Gasteiger partial charge in [-0.15, -0.1) is 0 Å². The molecule has 0 spiro atoms. The molecule has 2 heterocycles. The summed E-state index contributed by atoms with van der Waals surface area (Å²) in [6.07, 6.45) is 4.86. The van der Waals surface area contributed by atoms with E-state index in [2.05, 4.69) is 30.7 Å². The number of nitrogens with zero attached hydrogens (tertiary/aromatic N) is 2. The summed E-state index contributed by atoms with van der Waals surface area (Å²) in [7, 11) is 2.29. The van der Waals surface area contributed by atoms with Crippen LogP contribution in [0.1, 0.15) is 39.5 Å². The van der Waals surface area contributed by atoms with Crippen LogP contribution in [0, 0.1) is 11.8 Å². The average Bonchev–Trinajstić information content (AvgIpc) is 2.48. The van der Waals surface area contributed by atoms with Crippen molar-refractivity contribution in [3.05, 3.63) is 0 Å². The molecule has 124 valence electrons. The fourth-order valence-corrected chi connectivity index (χ4v) is 3.92. The molecule has 0 aromatic heterocycles. The van der Waals surface area contributed by atoms with Gasteiger partial charge in [-0.3, -0.25) is 4.90 Å². The van der Waals surface area contributed by atoms with Crippen molar-refractivity contribution >= 4 is 0 Å². The minimum atomic E-state index is 0.228. The van der Waals surface area contributed by atoms with Crippen LogP contribution in [0.2, 0.25) is 0 Å². The van der Waals surface area contributed by atoms with Crippen LogP contribution in [-0.2, 0) is 4.74 Å². The largest absolute Gasteiger partial charge is 0.381 e. The Morgan fingerprint density at radius 1 is 1.24 bits per heavy atom. The van der Waals surface area contributed by atoms with Crippen LogP contribution in [-0.4, -0.2) is 68.3 Å². The van der Waals surface area contributed by atoms with Gasteiger partial charge in [0.05, 0.1) is 0 Å². The van der Waals surface area contributed by atoms with Crippen LogP contribution in [0.15, 0.2) is 0 Å². The summed E-state index contributed by atoms with van der Waals surface area (Å²) in [6.45, 7) is 12.1. The lowest BCUT2D eigenvalue weighted by molar-refractivity contribution is 0.00719. The second-order valence-corrected chi connectivity index (χ2v) is 7.56. The predicted molar refractivity (Wildman–Crippen MR) is 88.5 cm³/mol. The van der Waals surface area contributed by atoms with E-state index in [0.29, 0.717) is 0 Å². The molecular formula is C17H35N3O. The summed E-state index contributed by atoms with van der Waals surface area (Å²) >= 11 is 0. The summed E-state index contributed by atoms with van der Waals surface area (Å²) in [4.78, 5) is 5.19. The Morgan fingerprint density at radius 3 is 2.38 bits per heavy atom. The van der Waals surface area contributed by atoms with E-state index in [1.54, 1.807) is 0 Å². The Labute approximate surface area is 131 Å². The third-order valence-electron chi connectivity index (χ3n) is 5.47. The quantitative estimate of drug-likeness (QED) is 0.812. The monoisotopic (exact) mass is 297 g/mol. The van der Waals surface area contributed by atoms with Crippen LogP contribution in [0.5, 0.6) is 0 Å². The van der Waals surface area contributed by atoms with Crippen molar-refractivity contribution in [3.63, 3.8) is 0 Å². The molecule has 0 aliphatic carbocycles. The molecule has 0 aromatic carbocycles. The van der Waals surface area contributed by atoms with Gasteiger partial charge < -0.3 is 15.4 Å². The van der Waals surface area contributed by atoms with E-state index >= 15 is 0 Å². The van der Waals surface area contributed by atoms with E-state index < -0.39 is 0 Å². The highest BCUT2D eigenvalue weighted by Gasteiger charge is 2.37. The van der Waals surface area contributed by atoms with E-state index in [4.69, 9.17) is 10.5 Å². The Morgan fingerprint density at radius 2 is 1.86 bits per heavy atom. The lowest BCUT2D eigenvalue weighted by Crippen LogP contribution is -2.59. The van der Waals surface area contributed by atoms with E-state index in [0.717, 1.165) is 31.6 Å². The van der Waals surface area contributed by atoms with Crippen LogP contribution in [0.3, 0.4) is 0 Å². The average molecular weight is 297 g/mol. The third-order valence-corrected chi connectivity index (χ3v) is 5.47. The van der Waals surface area contributed by atoms with Crippen molar-refractivity contribution in [3.8, 4) is 0 Å². The molecule has 2 rings (SSSR count). The highest BCUT2D eigenvalue weighted by Crippen LogP contribution is 2.29. The summed E-state index contributed by atoms with van der Waals surface area (Å²) < 4.78 is 5.48. The maximum Gasteiger partial charge on any atom is 0.0469 e. The molecule has 2 aliphatic rings. The highest BCUT2D eigenvalue weighted by atomic mass is 16.5. The molecular weight excluding hydrogens is 262 g/mol. The van der Waals surface area contributed by atoms with Gasteiger partial charge in [-0.2, -0.15) is 0 Å². The van der Waals surface area contributed by atoms with Crippen molar-refractivity contribution in [1.29, 1.82) is 0 Å². The molecule has 0 atom stereocenters. The number of likely N-dealkylation sites (N-methyl/N-ethyl adjacent to an activating group) is 1. The van der Waals surface area contributed by atoms with Gasteiger partial charge in [0.15, 0.2) is 0 Å². The molecule has 0 bridgehead atoms. The standard InChI is InChI=1S/C17H35N3O/c1-15(2)12-20-8-6-17(14-18,7-9-20)19(3)13-16-4-10-21-11-5-16/h15-16H,4-14,18H2,1-3H3. The van der Waals surface area contributed by atoms with E-state index in [9.17, 15) is 0 Å². The molecule has 0 unspecified atom stereocenters. The predicted octanol–water partition coefficient (Wildman–Crippen LogP) is 1.79. The summed E-state index contributed by atoms with van der Waals surface area (Å²) in [5.41, 5.74) is 6.43. The van der Waals surface area contributed by atoms with Gasteiger partial charge in [-0.05, 0) is 57.7 Å². The summed E-state index contributed by atoms with van der Waals surface area (Å²) in [5.74, 6) is 1.55. The van der Waals surface area contributed by atoms with Gasteiger partial charge in [0, 0.05) is 38.4 Å².